The van der Waals surface area contributed by atoms with Crippen LogP contribution in [-0.2, 0) is 76.0 Å². The zero-order chi connectivity index (χ0) is 52.4. The monoisotopic (exact) mass is 1020 g/mol. The van der Waals surface area contributed by atoms with Crippen molar-refractivity contribution in [3.8, 4) is 0 Å². The summed E-state index contributed by atoms with van der Waals surface area (Å²) in [7, 11) is 0. The van der Waals surface area contributed by atoms with Crippen molar-refractivity contribution in [2.45, 2.75) is 168 Å². The Morgan fingerprint density at radius 2 is 0.764 bits per heavy atom. The van der Waals surface area contributed by atoms with E-state index in [1.165, 1.54) is 25.7 Å². The molecule has 6 aliphatic rings. The lowest BCUT2D eigenvalue weighted by Crippen LogP contribution is -2.44. The minimum absolute atomic E-state index is 0.0134. The fourth-order valence-corrected chi connectivity index (χ4v) is 9.87. The van der Waals surface area contributed by atoms with Gasteiger partial charge in [-0.3, -0.25) is 4.79 Å². The van der Waals surface area contributed by atoms with E-state index < -0.39 is 5.97 Å². The summed E-state index contributed by atoms with van der Waals surface area (Å²) in [5, 5.41) is 0. The number of ether oxygens (including phenoxy) is 12. The van der Waals surface area contributed by atoms with Gasteiger partial charge in [0.15, 0.2) is 17.4 Å². The lowest BCUT2D eigenvalue weighted by atomic mass is 9.91. The molecule has 72 heavy (non-hydrogen) atoms. The van der Waals surface area contributed by atoms with Gasteiger partial charge in [0.25, 0.3) is 0 Å². The van der Waals surface area contributed by atoms with Crippen LogP contribution >= 0.6 is 0 Å². The zero-order valence-electron chi connectivity index (χ0n) is 45.0. The van der Waals surface area contributed by atoms with E-state index in [1.807, 2.05) is 0 Å². The van der Waals surface area contributed by atoms with E-state index in [-0.39, 0.29) is 66.7 Å². The lowest BCUT2D eigenvalue weighted by molar-refractivity contribution is -0.285. The number of rotatable bonds is 25. The summed E-state index contributed by atoms with van der Waals surface area (Å²) in [5.74, 6) is -0.372. The molecule has 6 rings (SSSR count). The van der Waals surface area contributed by atoms with Gasteiger partial charge in [-0.2, -0.15) is 0 Å². The fraction of sp³-hybridized carbons (Fsp3) is 0.821. The van der Waals surface area contributed by atoms with Crippen LogP contribution in [-0.4, -0.2) is 134 Å². The molecular weight excluding hydrogens is 929 g/mol. The first kappa shape index (κ1) is 61.3. The van der Waals surface area contributed by atoms with Crippen LogP contribution in [0.4, 0.5) is 0 Å². The van der Waals surface area contributed by atoms with Crippen molar-refractivity contribution < 1.29 is 76.0 Å². The number of esters is 4. The maximum atomic E-state index is 11.8. The van der Waals surface area contributed by atoms with Crippen LogP contribution in [0.25, 0.3) is 0 Å². The molecule has 3 saturated heterocycles. The van der Waals surface area contributed by atoms with Crippen molar-refractivity contribution in [1.29, 1.82) is 0 Å². The molecule has 3 saturated carbocycles. The van der Waals surface area contributed by atoms with Crippen LogP contribution in [0.1, 0.15) is 151 Å². The molecule has 16 heteroatoms. The Morgan fingerprint density at radius 1 is 0.444 bits per heavy atom. The van der Waals surface area contributed by atoms with Crippen molar-refractivity contribution in [1.82, 2.24) is 0 Å². The number of hydrogen-bond donors (Lipinski definition) is 0. The normalized spacial score (nSPS) is 23.1. The highest BCUT2D eigenvalue weighted by Crippen LogP contribution is 2.41. The van der Waals surface area contributed by atoms with Gasteiger partial charge in [0.05, 0.1) is 65.9 Å². The predicted octanol–water partition coefficient (Wildman–Crippen LogP) is 9.55. The number of carbonyl (C=O) groups is 4. The first-order chi connectivity index (χ1) is 34.6. The molecule has 3 atom stereocenters. The third-order valence-corrected chi connectivity index (χ3v) is 14.9. The maximum absolute atomic E-state index is 11.8. The summed E-state index contributed by atoms with van der Waals surface area (Å²) in [6.45, 7) is 29.6. The molecule has 16 nitrogen and oxygen atoms in total. The van der Waals surface area contributed by atoms with Crippen molar-refractivity contribution in [3.05, 3.63) is 36.5 Å². The first-order valence-corrected chi connectivity index (χ1v) is 27.2. The minimum atomic E-state index is -0.489. The van der Waals surface area contributed by atoms with Crippen LogP contribution in [0, 0.1) is 35.5 Å². The van der Waals surface area contributed by atoms with Crippen molar-refractivity contribution in [3.63, 3.8) is 0 Å². The average Bonchev–Trinajstić information content (AvgIpc) is 4.16. The molecule has 0 amide bonds. The van der Waals surface area contributed by atoms with Gasteiger partial charge < -0.3 is 56.8 Å². The fourth-order valence-electron chi connectivity index (χ4n) is 9.87. The van der Waals surface area contributed by atoms with Crippen molar-refractivity contribution >= 4 is 23.9 Å². The van der Waals surface area contributed by atoms with Crippen LogP contribution in [0.3, 0.4) is 0 Å². The minimum Gasteiger partial charge on any atom is -0.465 e. The molecule has 0 N–H and O–H groups in total. The van der Waals surface area contributed by atoms with Crippen LogP contribution < -0.4 is 0 Å². The molecule has 3 spiro atoms. The van der Waals surface area contributed by atoms with E-state index in [2.05, 4.69) is 40.5 Å². The number of hydrogen-bond acceptors (Lipinski definition) is 16. The topological polar surface area (TPSA) is 179 Å². The summed E-state index contributed by atoms with van der Waals surface area (Å²) in [6.07, 6.45) is 17.0. The Kier molecular flexibility index (Phi) is 27.5. The standard InChI is InChI=1S/C19H30O6.C19H32O5.C18H30O5/c1-4-15(11-23-17(20)7-10-22-18(21)14(2)3)16-12-24-19(25-13-16)8-5-6-9-19;1-4-16(12-21-10-7-11-22-18(20)15(2)3)17-13-23-19(24-14-17)8-5-6-9-19;1-4-15(11-20-9-10-21-17(19)14(2)3)16-12-22-18(23-13-16)7-5-6-8-18/h15-16H,2,4-13H2,1,3H3;16-17H,2,4-14H2,1,3H3;15-16H,2,4-13H2,1,3H3. The Balaban J connectivity index is 0.000000235. The number of carbonyl (C=O) groups excluding carboxylic acids is 4. The predicted molar refractivity (Wildman–Crippen MR) is 270 cm³/mol. The van der Waals surface area contributed by atoms with E-state index in [1.54, 1.807) is 20.8 Å². The van der Waals surface area contributed by atoms with Crippen molar-refractivity contribution in [2.24, 2.45) is 35.5 Å². The second-order valence-corrected chi connectivity index (χ2v) is 20.7. The SMILES string of the molecule is C=C(C)C(=O)OCCC(=O)OCC(CC)C1COC2(CCCC2)OC1.C=C(C)C(=O)OCCCOCC(CC)C1COC2(CCCC2)OC1.C=C(C)C(=O)OCCOCC(CC)C1COC2(CCCC2)OC1. The van der Waals surface area contributed by atoms with Gasteiger partial charge >= 0.3 is 23.9 Å². The summed E-state index contributed by atoms with van der Waals surface area (Å²) in [6, 6.07) is 0. The molecule has 0 aromatic rings. The van der Waals surface area contributed by atoms with E-state index in [4.69, 9.17) is 56.8 Å². The highest BCUT2D eigenvalue weighted by atomic mass is 16.7. The average molecular weight is 1020 g/mol. The van der Waals surface area contributed by atoms with E-state index >= 15 is 0 Å². The summed E-state index contributed by atoms with van der Waals surface area (Å²) in [4.78, 5) is 45.6. The first-order valence-electron chi connectivity index (χ1n) is 27.2. The van der Waals surface area contributed by atoms with Crippen LogP contribution in [0.15, 0.2) is 36.5 Å². The molecule has 412 valence electrons. The molecule has 3 aliphatic carbocycles. The van der Waals surface area contributed by atoms with Crippen LogP contribution in [0.2, 0.25) is 0 Å². The van der Waals surface area contributed by atoms with Gasteiger partial charge in [-0.25, -0.2) is 14.4 Å². The highest BCUT2D eigenvalue weighted by Gasteiger charge is 2.44. The summed E-state index contributed by atoms with van der Waals surface area (Å²) >= 11 is 0. The van der Waals surface area contributed by atoms with E-state index in [9.17, 15) is 19.2 Å². The van der Waals surface area contributed by atoms with E-state index in [0.29, 0.717) is 99.7 Å². The molecule has 0 bridgehead atoms. The smallest absolute Gasteiger partial charge is 0.333 e. The molecule has 3 unspecified atom stereocenters. The molecule has 6 fully saturated rings. The van der Waals surface area contributed by atoms with Crippen LogP contribution in [0.5, 0.6) is 0 Å². The molecule has 3 aliphatic heterocycles. The third-order valence-electron chi connectivity index (χ3n) is 14.9. The van der Waals surface area contributed by atoms with Gasteiger partial charge in [-0.1, -0.05) is 53.3 Å². The van der Waals surface area contributed by atoms with Gasteiger partial charge in [0, 0.05) is 105 Å². The molecule has 0 aromatic carbocycles. The summed E-state index contributed by atoms with van der Waals surface area (Å²) in [5.41, 5.74) is 1.16. The van der Waals surface area contributed by atoms with Gasteiger partial charge in [0.1, 0.15) is 13.2 Å². The van der Waals surface area contributed by atoms with Gasteiger partial charge in [-0.05, 0) is 77.6 Å². The Bertz CT molecular complexity index is 1650. The van der Waals surface area contributed by atoms with E-state index in [0.717, 1.165) is 97.1 Å². The second-order valence-electron chi connectivity index (χ2n) is 20.7. The second kappa shape index (κ2) is 32.3. The third kappa shape index (κ3) is 20.8. The highest BCUT2D eigenvalue weighted by molar-refractivity contribution is 5.87. The molecular formula is C56H92O16. The summed E-state index contributed by atoms with van der Waals surface area (Å²) < 4.78 is 68.0. The van der Waals surface area contributed by atoms with Crippen molar-refractivity contribution in [2.75, 3.05) is 92.5 Å². The Morgan fingerprint density at radius 3 is 1.11 bits per heavy atom. The molecule has 0 aromatic heterocycles. The largest absolute Gasteiger partial charge is 0.465 e. The Labute approximate surface area is 431 Å². The van der Waals surface area contributed by atoms with Gasteiger partial charge in [-0.15, -0.1) is 0 Å². The lowest BCUT2D eigenvalue weighted by Gasteiger charge is -2.40. The maximum Gasteiger partial charge on any atom is 0.333 e. The van der Waals surface area contributed by atoms with Gasteiger partial charge in [0.2, 0.25) is 0 Å². The quantitative estimate of drug-likeness (QED) is 0.0365. The zero-order valence-corrected chi connectivity index (χ0v) is 45.0. The Hall–Kier alpha value is -3.22. The molecule has 0 radical (unpaired) electrons. The molecule has 3 heterocycles.